The summed E-state index contributed by atoms with van der Waals surface area (Å²) in [5.74, 6) is 0.962. The first-order valence-corrected chi connectivity index (χ1v) is 5.43. The van der Waals surface area contributed by atoms with Gasteiger partial charge >= 0.3 is 0 Å². The van der Waals surface area contributed by atoms with Crippen molar-refractivity contribution in [3.63, 3.8) is 0 Å². The molecule has 0 radical (unpaired) electrons. The molecule has 1 atom stereocenters. The fourth-order valence-electron chi connectivity index (χ4n) is 1.51. The zero-order valence-corrected chi connectivity index (χ0v) is 9.49. The van der Waals surface area contributed by atoms with E-state index in [0.29, 0.717) is 5.41 Å². The van der Waals surface area contributed by atoms with E-state index in [1.807, 2.05) is 0 Å². The largest absolute Gasteiger partial charge is 0.212 e. The van der Waals surface area contributed by atoms with Crippen LogP contribution in [0.15, 0.2) is 0 Å². The second-order valence-electron chi connectivity index (χ2n) is 3.88. The maximum Gasteiger partial charge on any atom is 0.212 e. The first-order chi connectivity index (χ1) is 4.02. The summed E-state index contributed by atoms with van der Waals surface area (Å²) >= 11 is 1.36. The van der Waals surface area contributed by atoms with Crippen LogP contribution < -0.4 is 0 Å². The summed E-state index contributed by atoms with van der Waals surface area (Å²) in [6.45, 7) is 9.34. The highest BCUT2D eigenvalue weighted by Gasteiger charge is 2.19. The van der Waals surface area contributed by atoms with E-state index in [1.54, 1.807) is 0 Å². The first kappa shape index (κ1) is 9.53. The van der Waals surface area contributed by atoms with Gasteiger partial charge in [0.05, 0.1) is 0 Å². The molecule has 1 unspecified atom stereocenters. The highest BCUT2D eigenvalue weighted by atomic mass is 27.0. The fraction of sp³-hybridized carbons (Fsp3) is 1.00. The van der Waals surface area contributed by atoms with E-state index in [2.05, 4.69) is 27.7 Å². The monoisotopic (exact) mass is 142 g/mol. The highest BCUT2D eigenvalue weighted by molar-refractivity contribution is 6.08. The van der Waals surface area contributed by atoms with Gasteiger partial charge in [-0.3, -0.25) is 0 Å². The maximum atomic E-state index is 2.35. The molecule has 0 rings (SSSR count). The molecule has 0 saturated carbocycles. The second-order valence-corrected chi connectivity index (χ2v) is 4.70. The van der Waals surface area contributed by atoms with Crippen LogP contribution in [0.3, 0.4) is 0 Å². The third-order valence-electron chi connectivity index (χ3n) is 2.21. The second kappa shape index (κ2) is 3.64. The summed E-state index contributed by atoms with van der Waals surface area (Å²) < 4.78 is 0. The van der Waals surface area contributed by atoms with E-state index in [9.17, 15) is 0 Å². The molecule has 0 heterocycles. The van der Waals surface area contributed by atoms with Gasteiger partial charge in [-0.25, -0.2) is 0 Å². The minimum absolute atomic E-state index is 0.552. The molecule has 0 aliphatic heterocycles. The molecule has 0 aromatic carbocycles. The van der Waals surface area contributed by atoms with E-state index in [0.717, 1.165) is 5.92 Å². The highest BCUT2D eigenvalue weighted by Crippen LogP contribution is 2.30. The van der Waals surface area contributed by atoms with Crippen LogP contribution >= 0.6 is 0 Å². The summed E-state index contributed by atoms with van der Waals surface area (Å²) in [6, 6.07) is 0. The van der Waals surface area contributed by atoms with Gasteiger partial charge in [0, 0.05) is 0 Å². The average Bonchev–Trinajstić information content (AvgIpc) is 1.65. The molecule has 0 aromatic heterocycles. The van der Waals surface area contributed by atoms with E-state index in [-0.39, 0.29) is 0 Å². The van der Waals surface area contributed by atoms with E-state index >= 15 is 0 Å². The summed E-state index contributed by atoms with van der Waals surface area (Å²) in [4.78, 5) is 0. The van der Waals surface area contributed by atoms with E-state index < -0.39 is 0 Å². The molecule has 0 aliphatic carbocycles. The van der Waals surface area contributed by atoms with Crippen molar-refractivity contribution < 1.29 is 0 Å². The van der Waals surface area contributed by atoms with Crippen LogP contribution in [0.25, 0.3) is 0 Å². The molecule has 0 saturated heterocycles. The Morgan fingerprint density at radius 3 is 1.78 bits per heavy atom. The van der Waals surface area contributed by atoms with Crippen molar-refractivity contribution in [1.29, 1.82) is 0 Å². The SMILES string of the molecule is CCC([CH2][AlH2])C(C)(C)C. The Labute approximate surface area is 67.5 Å². The standard InChI is InChI=1S/C8H17.Al.2H/c1-6-7(2)8(3,4)5;;;/h7H,2,6H2,1,3-5H3;;;. The third-order valence-corrected chi connectivity index (χ3v) is 3.20. The van der Waals surface area contributed by atoms with Crippen molar-refractivity contribution in [1.82, 2.24) is 0 Å². The molecule has 0 bridgehead atoms. The molecule has 9 heavy (non-hydrogen) atoms. The molecule has 0 fully saturated rings. The summed E-state index contributed by atoms with van der Waals surface area (Å²) in [6.07, 6.45) is 1.35. The van der Waals surface area contributed by atoms with Gasteiger partial charge in [-0.1, -0.05) is 39.4 Å². The zero-order valence-electron chi connectivity index (χ0n) is 7.49. The lowest BCUT2D eigenvalue weighted by Gasteiger charge is -2.28. The Morgan fingerprint density at radius 1 is 1.33 bits per heavy atom. The Morgan fingerprint density at radius 2 is 1.78 bits per heavy atom. The Kier molecular flexibility index (Phi) is 3.86. The van der Waals surface area contributed by atoms with Gasteiger partial charge in [-0.05, 0) is 11.3 Å². The van der Waals surface area contributed by atoms with Crippen LogP contribution in [-0.4, -0.2) is 16.3 Å². The topological polar surface area (TPSA) is 0 Å². The number of hydrogen-bond donors (Lipinski definition) is 0. The van der Waals surface area contributed by atoms with Crippen molar-refractivity contribution in [2.24, 2.45) is 11.3 Å². The van der Waals surface area contributed by atoms with Gasteiger partial charge < -0.3 is 0 Å². The lowest BCUT2D eigenvalue weighted by Crippen LogP contribution is -2.18. The van der Waals surface area contributed by atoms with Crippen molar-refractivity contribution in [3.05, 3.63) is 0 Å². The van der Waals surface area contributed by atoms with Gasteiger partial charge in [0.15, 0.2) is 0 Å². The lowest BCUT2D eigenvalue weighted by molar-refractivity contribution is 0.255. The Hall–Kier alpha value is 0.532. The molecule has 54 valence electrons. The Bertz CT molecular complexity index is 67.1. The van der Waals surface area contributed by atoms with Gasteiger partial charge in [-0.15, -0.1) is 0 Å². The summed E-state index contributed by atoms with van der Waals surface area (Å²) in [7, 11) is 0. The lowest BCUT2D eigenvalue weighted by atomic mass is 9.80. The van der Waals surface area contributed by atoms with Crippen molar-refractivity contribution in [3.8, 4) is 0 Å². The van der Waals surface area contributed by atoms with E-state index in [4.69, 9.17) is 0 Å². The van der Waals surface area contributed by atoms with Crippen LogP contribution in [0, 0.1) is 11.3 Å². The predicted molar refractivity (Wildman–Crippen MR) is 46.6 cm³/mol. The number of rotatable bonds is 2. The zero-order chi connectivity index (χ0) is 7.49. The molecule has 0 nitrogen and oxygen atoms in total. The van der Waals surface area contributed by atoms with Crippen molar-refractivity contribution in [2.75, 3.05) is 0 Å². The van der Waals surface area contributed by atoms with Crippen molar-refractivity contribution in [2.45, 2.75) is 39.4 Å². The smallest absolute Gasteiger partial charge is 0.0980 e. The molecule has 0 aromatic rings. The van der Waals surface area contributed by atoms with E-state index in [1.165, 1.54) is 28.0 Å². The molecular weight excluding hydrogens is 123 g/mol. The van der Waals surface area contributed by atoms with Gasteiger partial charge in [0.1, 0.15) is 0 Å². The maximum absolute atomic E-state index is 2.35. The molecule has 0 amide bonds. The van der Waals surface area contributed by atoms with Crippen LogP contribution in [-0.2, 0) is 0 Å². The number of hydrogen-bond acceptors (Lipinski definition) is 0. The van der Waals surface area contributed by atoms with Crippen LogP contribution in [0.4, 0.5) is 0 Å². The quantitative estimate of drug-likeness (QED) is 0.518. The van der Waals surface area contributed by atoms with Crippen molar-refractivity contribution >= 4 is 16.3 Å². The molecule has 0 N–H and O–H groups in total. The van der Waals surface area contributed by atoms with Gasteiger partial charge in [0.25, 0.3) is 0 Å². The Balaban J connectivity index is 3.79. The molecule has 1 heteroatoms. The van der Waals surface area contributed by atoms with Gasteiger partial charge in [0.2, 0.25) is 16.3 Å². The van der Waals surface area contributed by atoms with Crippen LogP contribution in [0.5, 0.6) is 0 Å². The van der Waals surface area contributed by atoms with Gasteiger partial charge in [-0.2, -0.15) is 0 Å². The van der Waals surface area contributed by atoms with Crippen LogP contribution in [0.2, 0.25) is 5.28 Å². The minimum atomic E-state index is 0.552. The third kappa shape index (κ3) is 3.28. The fourth-order valence-corrected chi connectivity index (χ4v) is 3.32. The minimum Gasteiger partial charge on any atom is -0.0980 e. The molecule has 0 spiro atoms. The molecule has 0 aliphatic rings. The summed E-state index contributed by atoms with van der Waals surface area (Å²) in [5, 5.41) is 1.46. The first-order valence-electron chi connectivity index (χ1n) is 4.02. The normalized spacial score (nSPS) is 15.6. The summed E-state index contributed by atoms with van der Waals surface area (Å²) in [5.41, 5.74) is 0.552. The molecular formula is C8H19Al. The predicted octanol–water partition coefficient (Wildman–Crippen LogP) is 2.11. The average molecular weight is 142 g/mol. The van der Waals surface area contributed by atoms with Crippen LogP contribution in [0.1, 0.15) is 34.1 Å².